The average Bonchev–Trinajstić information content (AvgIpc) is 3.05. The summed E-state index contributed by atoms with van der Waals surface area (Å²) >= 11 is 0. The summed E-state index contributed by atoms with van der Waals surface area (Å²) < 4.78 is 12.1. The fourth-order valence-electron chi connectivity index (χ4n) is 5.30. The minimum atomic E-state index is -0.646. The lowest BCUT2D eigenvalue weighted by Gasteiger charge is -2.46. The minimum absolute atomic E-state index is 0.250. The molecule has 0 radical (unpaired) electrons. The van der Waals surface area contributed by atoms with Gasteiger partial charge in [-0.3, -0.25) is 9.69 Å². The number of aryl methyl sites for hydroxylation is 1. The van der Waals surface area contributed by atoms with Crippen LogP contribution < -0.4 is 5.73 Å². The summed E-state index contributed by atoms with van der Waals surface area (Å²) in [5.74, 6) is -0.847. The van der Waals surface area contributed by atoms with Crippen LogP contribution in [0.15, 0.2) is 42.5 Å². The van der Waals surface area contributed by atoms with Crippen LogP contribution in [0, 0.1) is 18.7 Å². The molecule has 6 heteroatoms. The highest BCUT2D eigenvalue weighted by atomic mass is 19.1. The van der Waals surface area contributed by atoms with Crippen molar-refractivity contribution >= 4 is 22.6 Å². The predicted octanol–water partition coefficient (Wildman–Crippen LogP) is 4.71. The molecule has 2 heterocycles. The SMILES string of the molecule is CCCN1C[C@H](C(=O)O)C[C@@H]2c3cccc4[nH]c(C)c(c34)C[C@H]21.Nc1cccc(F)c1. The molecule has 0 bridgehead atoms. The Morgan fingerprint density at radius 1 is 1.29 bits per heavy atom. The second-order valence-electron chi connectivity index (χ2n) is 8.70. The fourth-order valence-corrected chi connectivity index (χ4v) is 5.30. The molecule has 0 saturated carbocycles. The van der Waals surface area contributed by atoms with E-state index in [-0.39, 0.29) is 11.7 Å². The Labute approximate surface area is 182 Å². The molecule has 31 heavy (non-hydrogen) atoms. The van der Waals surface area contributed by atoms with E-state index in [0.717, 1.165) is 25.8 Å². The Morgan fingerprint density at radius 2 is 2.06 bits per heavy atom. The van der Waals surface area contributed by atoms with Crippen molar-refractivity contribution in [3.8, 4) is 0 Å². The summed E-state index contributed by atoms with van der Waals surface area (Å²) in [6.07, 6.45) is 2.88. The lowest BCUT2D eigenvalue weighted by Crippen LogP contribution is -2.51. The number of hydrogen-bond donors (Lipinski definition) is 3. The average molecular weight is 424 g/mol. The second kappa shape index (κ2) is 8.71. The topological polar surface area (TPSA) is 82.4 Å². The number of nitrogens with two attached hydrogens (primary N) is 1. The maximum atomic E-state index is 12.1. The number of aromatic amines is 1. The summed E-state index contributed by atoms with van der Waals surface area (Å²) in [5, 5.41) is 10.9. The first kappa shape index (κ1) is 21.4. The number of nitrogen functional groups attached to an aromatic ring is 1. The molecule has 164 valence electrons. The Balaban J connectivity index is 0.000000245. The summed E-state index contributed by atoms with van der Waals surface area (Å²) in [4.78, 5) is 17.6. The number of nitrogens with one attached hydrogen (secondary N) is 1. The van der Waals surface area contributed by atoms with Gasteiger partial charge >= 0.3 is 5.97 Å². The van der Waals surface area contributed by atoms with Crippen molar-refractivity contribution in [2.75, 3.05) is 18.8 Å². The molecular formula is C25H30FN3O2. The van der Waals surface area contributed by atoms with Crippen molar-refractivity contribution in [3.63, 3.8) is 0 Å². The van der Waals surface area contributed by atoms with Gasteiger partial charge in [0.05, 0.1) is 5.92 Å². The lowest BCUT2D eigenvalue weighted by molar-refractivity contribution is -0.144. The van der Waals surface area contributed by atoms with Crippen LogP contribution in [0.4, 0.5) is 10.1 Å². The Bertz CT molecular complexity index is 1080. The van der Waals surface area contributed by atoms with Crippen LogP contribution in [0.25, 0.3) is 10.9 Å². The number of anilines is 1. The van der Waals surface area contributed by atoms with Crippen LogP contribution in [0.1, 0.15) is 42.5 Å². The van der Waals surface area contributed by atoms with Gasteiger partial charge < -0.3 is 15.8 Å². The number of piperidine rings is 1. The number of fused-ring (bicyclic) bond motifs is 2. The van der Waals surface area contributed by atoms with Crippen LogP contribution in [0.2, 0.25) is 0 Å². The van der Waals surface area contributed by atoms with Gasteiger partial charge in [0.15, 0.2) is 0 Å². The van der Waals surface area contributed by atoms with E-state index >= 15 is 0 Å². The van der Waals surface area contributed by atoms with Gasteiger partial charge in [-0.1, -0.05) is 25.1 Å². The molecule has 3 atom stereocenters. The van der Waals surface area contributed by atoms with Gasteiger partial charge in [0.25, 0.3) is 0 Å². The predicted molar refractivity (Wildman–Crippen MR) is 122 cm³/mol. The third kappa shape index (κ3) is 4.17. The van der Waals surface area contributed by atoms with Gasteiger partial charge in [-0.15, -0.1) is 0 Å². The molecule has 0 amide bonds. The molecule has 1 aliphatic carbocycles. The molecule has 3 aromatic rings. The molecule has 2 aromatic carbocycles. The van der Waals surface area contributed by atoms with E-state index in [1.54, 1.807) is 12.1 Å². The van der Waals surface area contributed by atoms with Crippen molar-refractivity contribution in [1.82, 2.24) is 9.88 Å². The van der Waals surface area contributed by atoms with E-state index in [1.807, 2.05) is 0 Å². The number of aromatic nitrogens is 1. The van der Waals surface area contributed by atoms with Gasteiger partial charge in [0.1, 0.15) is 5.82 Å². The quantitative estimate of drug-likeness (QED) is 0.533. The van der Waals surface area contributed by atoms with Crippen molar-refractivity contribution in [2.45, 2.75) is 45.1 Å². The maximum absolute atomic E-state index is 12.1. The second-order valence-corrected chi connectivity index (χ2v) is 8.70. The highest BCUT2D eigenvalue weighted by Gasteiger charge is 2.42. The highest BCUT2D eigenvalue weighted by molar-refractivity contribution is 5.89. The largest absolute Gasteiger partial charge is 0.481 e. The van der Waals surface area contributed by atoms with Crippen LogP contribution in [-0.2, 0) is 11.2 Å². The van der Waals surface area contributed by atoms with Crippen molar-refractivity contribution in [1.29, 1.82) is 0 Å². The zero-order chi connectivity index (χ0) is 22.1. The van der Waals surface area contributed by atoms with Gasteiger partial charge in [-0.25, -0.2) is 4.39 Å². The first-order chi connectivity index (χ1) is 14.9. The smallest absolute Gasteiger partial charge is 0.307 e. The zero-order valence-corrected chi connectivity index (χ0v) is 18.1. The Hall–Kier alpha value is -2.86. The van der Waals surface area contributed by atoms with E-state index in [1.165, 1.54) is 39.9 Å². The number of H-pyrrole nitrogens is 1. The number of benzene rings is 2. The molecule has 0 spiro atoms. The highest BCUT2D eigenvalue weighted by Crippen LogP contribution is 2.45. The normalized spacial score (nSPS) is 22.5. The number of carbonyl (C=O) groups is 1. The standard InChI is InChI=1S/C19H24N2O2.C6H6FN/c1-3-7-21-10-12(19(22)23)8-15-13-5-4-6-16-18(13)14(9-17(15)21)11(2)20-16;7-5-2-1-3-6(8)4-5/h4-6,12,15,17,20H,3,7-10H2,1-2H3,(H,22,23);1-4H,8H2/t12-,15-,17-;/m1./s1. The number of halogens is 1. The fraction of sp³-hybridized carbons (Fsp3) is 0.400. The third-order valence-corrected chi connectivity index (χ3v) is 6.62. The number of hydrogen-bond acceptors (Lipinski definition) is 3. The number of carboxylic acids is 1. The van der Waals surface area contributed by atoms with Crippen LogP contribution >= 0.6 is 0 Å². The number of nitrogens with zero attached hydrogens (tertiary/aromatic N) is 1. The molecule has 0 unspecified atom stereocenters. The van der Waals surface area contributed by atoms with E-state index in [0.29, 0.717) is 24.2 Å². The van der Waals surface area contributed by atoms with Crippen molar-refractivity contribution < 1.29 is 14.3 Å². The van der Waals surface area contributed by atoms with Crippen molar-refractivity contribution in [3.05, 3.63) is 65.1 Å². The molecule has 4 N–H and O–H groups in total. The number of aliphatic carboxylic acids is 1. The summed E-state index contributed by atoms with van der Waals surface area (Å²) in [6.45, 7) is 6.02. The molecule has 1 aliphatic heterocycles. The molecule has 2 aliphatic rings. The Morgan fingerprint density at radius 3 is 2.71 bits per heavy atom. The molecule has 5 rings (SSSR count). The van der Waals surface area contributed by atoms with Gasteiger partial charge in [0, 0.05) is 40.8 Å². The van der Waals surface area contributed by atoms with E-state index in [2.05, 4.69) is 41.9 Å². The Kier molecular flexibility index (Phi) is 6.01. The van der Waals surface area contributed by atoms with Gasteiger partial charge in [-0.2, -0.15) is 0 Å². The molecule has 1 aromatic heterocycles. The lowest BCUT2D eigenvalue weighted by atomic mass is 9.72. The number of rotatable bonds is 3. The number of likely N-dealkylation sites (tertiary alicyclic amines) is 1. The van der Waals surface area contributed by atoms with Crippen LogP contribution in [0.3, 0.4) is 0 Å². The monoisotopic (exact) mass is 423 g/mol. The minimum Gasteiger partial charge on any atom is -0.481 e. The van der Waals surface area contributed by atoms with E-state index in [4.69, 9.17) is 5.73 Å². The molecule has 5 nitrogen and oxygen atoms in total. The van der Waals surface area contributed by atoms with Crippen LogP contribution in [0.5, 0.6) is 0 Å². The molecule has 1 fully saturated rings. The first-order valence-corrected chi connectivity index (χ1v) is 11.0. The summed E-state index contributed by atoms with van der Waals surface area (Å²) in [6, 6.07) is 12.7. The summed E-state index contributed by atoms with van der Waals surface area (Å²) in [7, 11) is 0. The molecule has 1 saturated heterocycles. The number of carboxylic acid groups (broad SMARTS) is 1. The van der Waals surface area contributed by atoms with E-state index < -0.39 is 5.97 Å². The third-order valence-electron chi connectivity index (χ3n) is 6.62. The first-order valence-electron chi connectivity index (χ1n) is 11.0. The summed E-state index contributed by atoms with van der Waals surface area (Å²) in [5.41, 5.74) is 10.9. The van der Waals surface area contributed by atoms with Gasteiger partial charge in [0.2, 0.25) is 0 Å². The maximum Gasteiger partial charge on any atom is 0.307 e. The van der Waals surface area contributed by atoms with Gasteiger partial charge in [-0.05, 0) is 68.1 Å². The van der Waals surface area contributed by atoms with E-state index in [9.17, 15) is 14.3 Å². The molecular weight excluding hydrogens is 393 g/mol. The van der Waals surface area contributed by atoms with Crippen molar-refractivity contribution in [2.24, 2.45) is 5.92 Å². The van der Waals surface area contributed by atoms with Crippen LogP contribution in [-0.4, -0.2) is 40.1 Å². The zero-order valence-electron chi connectivity index (χ0n) is 18.1.